The van der Waals surface area contributed by atoms with Gasteiger partial charge in [0.05, 0.1) is 0 Å². The van der Waals surface area contributed by atoms with Crippen LogP contribution in [0.5, 0.6) is 0 Å². The third kappa shape index (κ3) is 3.49. The number of hydrogen-bond acceptors (Lipinski definition) is 2. The average molecular weight is 88.1 g/mol. The summed E-state index contributed by atoms with van der Waals surface area (Å²) in [4.78, 5) is 9.32. The van der Waals surface area contributed by atoms with Gasteiger partial charge in [0.15, 0.2) is 0 Å². The average Bonchev–Trinajstić information content (AvgIpc) is 1.38. The zero-order valence-corrected chi connectivity index (χ0v) is 3.39. The summed E-state index contributed by atoms with van der Waals surface area (Å²) in [5.41, 5.74) is 4.38. The maximum atomic E-state index is 9.32. The fraction of sp³-hybridized carbons (Fsp3) is 0. The molecule has 0 aliphatic carbocycles. The van der Waals surface area contributed by atoms with E-state index < -0.39 is 6.09 Å². The lowest BCUT2D eigenvalue weighted by Gasteiger charge is -1.80. The van der Waals surface area contributed by atoms with E-state index in [4.69, 9.17) is 0 Å². The summed E-state index contributed by atoms with van der Waals surface area (Å²) in [5.74, 6) is 0. The second-order valence-corrected chi connectivity index (χ2v) is 0.625. The SMILES string of the molecule is NC(=O)O[Si]. The molecule has 0 spiro atoms. The minimum Gasteiger partial charge on any atom is -0.501 e. The van der Waals surface area contributed by atoms with Crippen LogP contribution in [0.2, 0.25) is 0 Å². The largest absolute Gasteiger partial charge is 0.501 e. The molecule has 0 aliphatic heterocycles. The Morgan fingerprint density at radius 2 is 2.20 bits per heavy atom. The van der Waals surface area contributed by atoms with E-state index in [1.54, 1.807) is 0 Å². The number of amides is 1. The van der Waals surface area contributed by atoms with E-state index in [9.17, 15) is 4.79 Å². The Morgan fingerprint density at radius 1 is 2.00 bits per heavy atom. The molecule has 0 aliphatic rings. The molecule has 0 aromatic carbocycles. The number of carbonyl (C=O) groups is 1. The van der Waals surface area contributed by atoms with E-state index >= 15 is 0 Å². The van der Waals surface area contributed by atoms with Gasteiger partial charge in [-0.1, -0.05) is 0 Å². The second kappa shape index (κ2) is 1.77. The predicted octanol–water partition coefficient (Wildman–Crippen LogP) is -0.835. The van der Waals surface area contributed by atoms with Gasteiger partial charge in [-0.2, -0.15) is 0 Å². The highest BCUT2D eigenvalue weighted by atomic mass is 28.2. The zero-order valence-electron chi connectivity index (χ0n) is 2.39. The summed E-state index contributed by atoms with van der Waals surface area (Å²) in [6, 6.07) is 0. The standard InChI is InChI=1S/CH2NO2Si/c2-1(3)4-5/h(H2,2,3). The van der Waals surface area contributed by atoms with Crippen LogP contribution in [0.4, 0.5) is 4.79 Å². The highest BCUT2D eigenvalue weighted by Gasteiger charge is 1.76. The Hall–Kier alpha value is -0.513. The Morgan fingerprint density at radius 3 is 2.20 bits per heavy atom. The van der Waals surface area contributed by atoms with Gasteiger partial charge in [0.2, 0.25) is 0 Å². The van der Waals surface area contributed by atoms with Crippen molar-refractivity contribution < 1.29 is 9.22 Å². The van der Waals surface area contributed by atoms with Crippen LogP contribution in [0.15, 0.2) is 0 Å². The normalized spacial score (nSPS) is 6.60. The van der Waals surface area contributed by atoms with Crippen molar-refractivity contribution in [1.82, 2.24) is 0 Å². The van der Waals surface area contributed by atoms with E-state index in [2.05, 4.69) is 20.6 Å². The zero-order chi connectivity index (χ0) is 4.28. The van der Waals surface area contributed by atoms with Gasteiger partial charge in [0.1, 0.15) is 0 Å². The van der Waals surface area contributed by atoms with Crippen LogP contribution in [0.1, 0.15) is 0 Å². The van der Waals surface area contributed by atoms with Crippen molar-refractivity contribution in [3.05, 3.63) is 0 Å². The molecule has 0 saturated heterocycles. The molecular weight excluding hydrogens is 86.1 g/mol. The molecule has 0 aromatic rings. The summed E-state index contributed by atoms with van der Waals surface area (Å²) < 4.78 is 3.69. The molecule has 3 nitrogen and oxygen atoms in total. The predicted molar refractivity (Wildman–Crippen MR) is 16.4 cm³/mol. The second-order valence-electron chi connectivity index (χ2n) is 0.421. The van der Waals surface area contributed by atoms with Gasteiger partial charge in [-0.3, -0.25) is 0 Å². The highest BCUT2D eigenvalue weighted by molar-refractivity contribution is 6.04. The highest BCUT2D eigenvalue weighted by Crippen LogP contribution is 1.53. The minimum absolute atomic E-state index is 0.832. The lowest BCUT2D eigenvalue weighted by Crippen LogP contribution is -2.09. The summed E-state index contributed by atoms with van der Waals surface area (Å²) in [7, 11) is 2.38. The van der Waals surface area contributed by atoms with E-state index in [0.29, 0.717) is 0 Å². The quantitative estimate of drug-likeness (QED) is 0.393. The lowest BCUT2D eigenvalue weighted by atomic mass is 11.3. The van der Waals surface area contributed by atoms with E-state index in [0.717, 1.165) is 0 Å². The molecule has 0 aromatic heterocycles. The van der Waals surface area contributed by atoms with Gasteiger partial charge < -0.3 is 10.2 Å². The monoisotopic (exact) mass is 88.0 g/mol. The van der Waals surface area contributed by atoms with Crippen LogP contribution in [-0.2, 0) is 4.43 Å². The first-order valence-electron chi connectivity index (χ1n) is 0.901. The fourth-order valence-electron chi connectivity index (χ4n) is 0. The molecular formula is CH2NO2Si. The topological polar surface area (TPSA) is 52.3 Å². The number of hydrogen-bond donors (Lipinski definition) is 1. The number of carbonyl (C=O) groups excluding carboxylic acids is 1. The Labute approximate surface area is 32.6 Å². The number of nitrogens with two attached hydrogens (primary N) is 1. The summed E-state index contributed by atoms with van der Waals surface area (Å²) >= 11 is 0. The van der Waals surface area contributed by atoms with Crippen molar-refractivity contribution in [3.8, 4) is 0 Å². The first-order valence-corrected chi connectivity index (χ1v) is 1.31. The third-order valence-electron chi connectivity index (χ3n) is 0.101. The lowest BCUT2D eigenvalue weighted by molar-refractivity contribution is 0.215. The summed E-state index contributed by atoms with van der Waals surface area (Å²) in [6.45, 7) is 0. The van der Waals surface area contributed by atoms with E-state index in [1.165, 1.54) is 0 Å². The van der Waals surface area contributed by atoms with Crippen molar-refractivity contribution in [1.29, 1.82) is 0 Å². The maximum Gasteiger partial charge on any atom is 0.390 e. The summed E-state index contributed by atoms with van der Waals surface area (Å²) in [6.07, 6.45) is -0.832. The first-order chi connectivity index (χ1) is 2.27. The summed E-state index contributed by atoms with van der Waals surface area (Å²) in [5, 5.41) is 0. The van der Waals surface area contributed by atoms with Gasteiger partial charge in [0.25, 0.3) is 0 Å². The molecule has 0 atom stereocenters. The molecule has 5 heavy (non-hydrogen) atoms. The van der Waals surface area contributed by atoms with Gasteiger partial charge in [-0.15, -0.1) is 0 Å². The molecule has 0 heterocycles. The van der Waals surface area contributed by atoms with E-state index in [-0.39, 0.29) is 0 Å². The minimum atomic E-state index is -0.832. The van der Waals surface area contributed by atoms with Crippen LogP contribution < -0.4 is 5.73 Å². The maximum absolute atomic E-state index is 9.32. The molecule has 0 fully saturated rings. The first kappa shape index (κ1) is 4.49. The molecule has 1 amide bonds. The van der Waals surface area contributed by atoms with Crippen molar-refractivity contribution in [2.45, 2.75) is 0 Å². The third-order valence-corrected chi connectivity index (χ3v) is 0.302. The van der Waals surface area contributed by atoms with Crippen molar-refractivity contribution in [3.63, 3.8) is 0 Å². The Balaban J connectivity index is 2.85. The number of primary amides is 1. The molecule has 27 valence electrons. The van der Waals surface area contributed by atoms with Crippen LogP contribution in [0.25, 0.3) is 0 Å². The molecule has 0 unspecified atom stereocenters. The smallest absolute Gasteiger partial charge is 0.390 e. The molecule has 0 saturated carbocycles. The van der Waals surface area contributed by atoms with Crippen molar-refractivity contribution in [2.24, 2.45) is 5.73 Å². The van der Waals surface area contributed by atoms with Gasteiger partial charge >= 0.3 is 16.6 Å². The Kier molecular flexibility index (Phi) is 1.59. The van der Waals surface area contributed by atoms with Crippen LogP contribution in [0, 0.1) is 0 Å². The van der Waals surface area contributed by atoms with Gasteiger partial charge in [0, 0.05) is 0 Å². The molecule has 3 radical (unpaired) electrons. The molecule has 2 N–H and O–H groups in total. The van der Waals surface area contributed by atoms with Crippen LogP contribution in [-0.4, -0.2) is 16.6 Å². The van der Waals surface area contributed by atoms with Crippen molar-refractivity contribution in [2.75, 3.05) is 0 Å². The molecule has 0 rings (SSSR count). The van der Waals surface area contributed by atoms with Crippen LogP contribution >= 0.6 is 0 Å². The van der Waals surface area contributed by atoms with Gasteiger partial charge in [-0.05, 0) is 0 Å². The van der Waals surface area contributed by atoms with Crippen LogP contribution in [0.3, 0.4) is 0 Å². The van der Waals surface area contributed by atoms with Gasteiger partial charge in [-0.25, -0.2) is 4.79 Å². The fourth-order valence-corrected chi connectivity index (χ4v) is 0. The molecule has 4 heteroatoms. The van der Waals surface area contributed by atoms with Crippen molar-refractivity contribution >= 4 is 16.6 Å². The number of rotatable bonds is 0. The van der Waals surface area contributed by atoms with E-state index in [1.807, 2.05) is 0 Å². The Bertz CT molecular complexity index is 44.9. The molecule has 0 bridgehead atoms.